The van der Waals surface area contributed by atoms with Gasteiger partial charge in [-0.15, -0.1) is 16.4 Å². The van der Waals surface area contributed by atoms with E-state index >= 15 is 0 Å². The smallest absolute Gasteiger partial charge is 0.267 e. The van der Waals surface area contributed by atoms with E-state index in [2.05, 4.69) is 24.2 Å². The summed E-state index contributed by atoms with van der Waals surface area (Å²) in [6, 6.07) is 0. The molecule has 2 aromatic heterocycles. The van der Waals surface area contributed by atoms with Crippen LogP contribution in [0.1, 0.15) is 50.0 Å². The van der Waals surface area contributed by atoms with Crippen molar-refractivity contribution in [1.82, 2.24) is 15.0 Å². The molecule has 4 nitrogen and oxygen atoms in total. The summed E-state index contributed by atoms with van der Waals surface area (Å²) in [6.07, 6.45) is 6.57. The Hall–Kier alpha value is -1.23. The van der Waals surface area contributed by atoms with Gasteiger partial charge < -0.3 is 0 Å². The van der Waals surface area contributed by atoms with Crippen LogP contribution in [-0.2, 0) is 19.4 Å². The quantitative estimate of drug-likeness (QED) is 0.813. The Kier molecular flexibility index (Phi) is 3.87. The van der Waals surface area contributed by atoms with E-state index in [9.17, 15) is 4.79 Å². The van der Waals surface area contributed by atoms with Crippen LogP contribution in [0.4, 0.5) is 0 Å². The normalized spacial score (nSPS) is 18.4. The molecule has 2 aromatic rings. The fourth-order valence-corrected chi connectivity index (χ4v) is 4.27. The first-order valence-electron chi connectivity index (χ1n) is 7.58. The van der Waals surface area contributed by atoms with Crippen molar-refractivity contribution >= 4 is 21.6 Å². The summed E-state index contributed by atoms with van der Waals surface area (Å²) in [5, 5.41) is 9.24. The van der Waals surface area contributed by atoms with E-state index in [-0.39, 0.29) is 5.56 Å². The number of rotatable bonds is 4. The molecule has 0 bridgehead atoms. The van der Waals surface area contributed by atoms with Gasteiger partial charge in [0.1, 0.15) is 0 Å². The van der Waals surface area contributed by atoms with Crippen molar-refractivity contribution in [2.24, 2.45) is 5.92 Å². The molecule has 1 aliphatic carbocycles. The summed E-state index contributed by atoms with van der Waals surface area (Å²) < 4.78 is 1.56. The Morgan fingerprint density at radius 3 is 3.05 bits per heavy atom. The second-order valence-corrected chi connectivity index (χ2v) is 6.94. The van der Waals surface area contributed by atoms with Crippen LogP contribution in [-0.4, -0.2) is 15.0 Å². The Morgan fingerprint density at radius 2 is 2.25 bits per heavy atom. The molecule has 0 N–H and O–H groups in total. The molecule has 2 heterocycles. The fraction of sp³-hybridized carbons (Fsp3) is 0.667. The van der Waals surface area contributed by atoms with Crippen molar-refractivity contribution < 1.29 is 0 Å². The monoisotopic (exact) mass is 291 g/mol. The number of hydrogen-bond donors (Lipinski definition) is 0. The molecule has 0 amide bonds. The molecule has 1 atom stereocenters. The summed E-state index contributed by atoms with van der Waals surface area (Å²) in [7, 11) is 0. The predicted molar refractivity (Wildman–Crippen MR) is 82.4 cm³/mol. The van der Waals surface area contributed by atoms with Crippen LogP contribution in [0.25, 0.3) is 10.2 Å². The number of unbranched alkanes of at least 4 members (excludes halogenated alkanes) is 2. The Balaban J connectivity index is 2.01. The molecular weight excluding hydrogens is 270 g/mol. The molecule has 20 heavy (non-hydrogen) atoms. The van der Waals surface area contributed by atoms with Gasteiger partial charge in [0.15, 0.2) is 4.83 Å². The van der Waals surface area contributed by atoms with Crippen molar-refractivity contribution in [3.63, 3.8) is 0 Å². The minimum Gasteiger partial charge on any atom is -0.267 e. The standard InChI is InChI=1S/C15H21N3OS/c1-3-4-5-8-18-15(19)13-11-7-6-10(2)9-12(11)20-14(13)16-17-18/h10H,3-9H2,1-2H3/t10-/m0/s1. The maximum absolute atomic E-state index is 12.6. The van der Waals surface area contributed by atoms with Crippen molar-refractivity contribution in [1.29, 1.82) is 0 Å². The Labute approximate surface area is 122 Å². The highest BCUT2D eigenvalue weighted by Gasteiger charge is 2.23. The van der Waals surface area contributed by atoms with Gasteiger partial charge >= 0.3 is 0 Å². The van der Waals surface area contributed by atoms with E-state index in [1.165, 1.54) is 16.9 Å². The van der Waals surface area contributed by atoms with Crippen LogP contribution in [0, 0.1) is 5.92 Å². The number of aromatic nitrogens is 3. The van der Waals surface area contributed by atoms with Gasteiger partial charge in [-0.25, -0.2) is 4.68 Å². The Morgan fingerprint density at radius 1 is 1.40 bits per heavy atom. The molecule has 3 rings (SSSR count). The maximum Gasteiger partial charge on any atom is 0.278 e. The van der Waals surface area contributed by atoms with E-state index in [4.69, 9.17) is 0 Å². The van der Waals surface area contributed by atoms with Gasteiger partial charge in [-0.2, -0.15) is 0 Å². The minimum absolute atomic E-state index is 0.0677. The molecule has 0 saturated carbocycles. The molecular formula is C15H21N3OS. The van der Waals surface area contributed by atoms with Gasteiger partial charge in [-0.05, 0) is 37.2 Å². The molecule has 0 radical (unpaired) electrons. The first-order chi connectivity index (χ1) is 9.70. The molecule has 0 unspecified atom stereocenters. The topological polar surface area (TPSA) is 47.8 Å². The predicted octanol–water partition coefficient (Wildman–Crippen LogP) is 3.17. The SMILES string of the molecule is CCCCCn1nnc2sc3c(c2c1=O)CC[C@H](C)C3. The van der Waals surface area contributed by atoms with E-state index in [1.807, 2.05) is 0 Å². The van der Waals surface area contributed by atoms with E-state index in [1.54, 1.807) is 16.0 Å². The molecule has 0 saturated heterocycles. The number of hydrogen-bond acceptors (Lipinski definition) is 4. The molecule has 0 fully saturated rings. The highest BCUT2D eigenvalue weighted by molar-refractivity contribution is 7.18. The zero-order valence-electron chi connectivity index (χ0n) is 12.2. The highest BCUT2D eigenvalue weighted by atomic mass is 32.1. The number of nitrogens with zero attached hydrogens (tertiary/aromatic N) is 3. The maximum atomic E-state index is 12.6. The lowest BCUT2D eigenvalue weighted by Gasteiger charge is -2.17. The van der Waals surface area contributed by atoms with Crippen molar-refractivity contribution in [2.45, 2.75) is 58.9 Å². The van der Waals surface area contributed by atoms with Gasteiger partial charge in [0.25, 0.3) is 5.56 Å². The van der Waals surface area contributed by atoms with Gasteiger partial charge in [0.05, 0.1) is 5.39 Å². The third-order valence-corrected chi connectivity index (χ3v) is 5.30. The van der Waals surface area contributed by atoms with E-state index < -0.39 is 0 Å². The summed E-state index contributed by atoms with van der Waals surface area (Å²) in [5.74, 6) is 0.718. The molecule has 0 aromatic carbocycles. The van der Waals surface area contributed by atoms with Crippen molar-refractivity contribution in [3.8, 4) is 0 Å². The van der Waals surface area contributed by atoms with Crippen LogP contribution in [0.2, 0.25) is 0 Å². The lowest BCUT2D eigenvalue weighted by molar-refractivity contribution is 0.503. The molecule has 108 valence electrons. The van der Waals surface area contributed by atoms with Gasteiger partial charge in [-0.3, -0.25) is 4.79 Å². The molecule has 0 aliphatic heterocycles. The third-order valence-electron chi connectivity index (χ3n) is 4.16. The van der Waals surface area contributed by atoms with Crippen LogP contribution in [0.3, 0.4) is 0 Å². The number of fused-ring (bicyclic) bond motifs is 3. The second-order valence-electron chi connectivity index (χ2n) is 5.86. The van der Waals surface area contributed by atoms with Crippen LogP contribution in [0.15, 0.2) is 4.79 Å². The van der Waals surface area contributed by atoms with Crippen molar-refractivity contribution in [3.05, 3.63) is 20.8 Å². The van der Waals surface area contributed by atoms with Gasteiger partial charge in [0.2, 0.25) is 0 Å². The second kappa shape index (κ2) is 5.64. The fourth-order valence-electron chi connectivity index (χ4n) is 2.95. The summed E-state index contributed by atoms with van der Waals surface area (Å²) in [4.78, 5) is 14.8. The minimum atomic E-state index is 0.0677. The summed E-state index contributed by atoms with van der Waals surface area (Å²) in [5.41, 5.74) is 1.32. The number of thiophene rings is 1. The van der Waals surface area contributed by atoms with E-state index in [0.29, 0.717) is 6.54 Å². The third kappa shape index (κ3) is 2.39. The first-order valence-corrected chi connectivity index (χ1v) is 8.40. The average Bonchev–Trinajstić information content (AvgIpc) is 2.79. The van der Waals surface area contributed by atoms with Crippen LogP contribution < -0.4 is 5.56 Å². The highest BCUT2D eigenvalue weighted by Crippen LogP contribution is 2.35. The van der Waals surface area contributed by atoms with Crippen molar-refractivity contribution in [2.75, 3.05) is 0 Å². The average molecular weight is 291 g/mol. The van der Waals surface area contributed by atoms with E-state index in [0.717, 1.165) is 48.2 Å². The first kappa shape index (κ1) is 13.7. The lowest BCUT2D eigenvalue weighted by Crippen LogP contribution is -2.25. The largest absolute Gasteiger partial charge is 0.278 e. The van der Waals surface area contributed by atoms with Crippen LogP contribution in [0.5, 0.6) is 0 Å². The zero-order valence-corrected chi connectivity index (χ0v) is 13.0. The summed E-state index contributed by atoms with van der Waals surface area (Å²) in [6.45, 7) is 5.13. The molecule has 5 heteroatoms. The molecule has 0 spiro atoms. The molecule has 1 aliphatic rings. The van der Waals surface area contributed by atoms with Gasteiger partial charge in [-0.1, -0.05) is 31.9 Å². The number of aryl methyl sites for hydroxylation is 2. The summed E-state index contributed by atoms with van der Waals surface area (Å²) >= 11 is 1.67. The van der Waals surface area contributed by atoms with Crippen LogP contribution >= 0.6 is 11.3 Å². The zero-order chi connectivity index (χ0) is 14.1. The lowest BCUT2D eigenvalue weighted by atomic mass is 9.89. The van der Waals surface area contributed by atoms with Gasteiger partial charge in [0, 0.05) is 11.4 Å². The Bertz CT molecular complexity index is 674.